The minimum absolute atomic E-state index is 0.0892. The summed E-state index contributed by atoms with van der Waals surface area (Å²) in [4.78, 5) is 28.6. The molecule has 0 unspecified atom stereocenters. The first-order valence-electron chi connectivity index (χ1n) is 13.8. The van der Waals surface area contributed by atoms with Crippen molar-refractivity contribution in [1.29, 1.82) is 0 Å². The zero-order valence-corrected chi connectivity index (χ0v) is 25.0. The molecule has 1 N–H and O–H groups in total. The maximum absolute atomic E-state index is 14.1. The van der Waals surface area contributed by atoms with Crippen molar-refractivity contribution in [2.45, 2.75) is 57.6 Å². The van der Waals surface area contributed by atoms with Crippen LogP contribution in [0.15, 0.2) is 71.6 Å². The van der Waals surface area contributed by atoms with Crippen LogP contribution in [-0.2, 0) is 26.2 Å². The lowest BCUT2D eigenvalue weighted by Gasteiger charge is -2.33. The first kappa shape index (κ1) is 30.8. The van der Waals surface area contributed by atoms with Crippen molar-refractivity contribution in [1.82, 2.24) is 10.2 Å². The highest BCUT2D eigenvalue weighted by molar-refractivity contribution is 7.92. The van der Waals surface area contributed by atoms with Crippen molar-refractivity contribution in [2.24, 2.45) is 0 Å². The second kappa shape index (κ2) is 13.2. The molecule has 0 saturated carbocycles. The lowest BCUT2D eigenvalue weighted by molar-refractivity contribution is -0.140. The van der Waals surface area contributed by atoms with E-state index >= 15 is 0 Å². The fourth-order valence-electron chi connectivity index (χ4n) is 4.75. The maximum Gasteiger partial charge on any atom is 0.264 e. The highest BCUT2D eigenvalue weighted by atomic mass is 32.2. The monoisotopic (exact) mass is 597 g/mol. The van der Waals surface area contributed by atoms with Crippen LogP contribution in [0.25, 0.3) is 0 Å². The standard InChI is InChI=1S/C31H36FN3O6S/c1-5-27(31(37)33-21(2)3)34(19-23-8-6-7-22(4)17-23)30(36)20-35(25-11-9-24(32)10-12-25)42(38,39)26-13-14-28-29(18-26)41-16-15-40-28/h6-14,17-18,21,27H,5,15-16,19-20H2,1-4H3,(H,33,37)/t27-/m1/s1. The van der Waals surface area contributed by atoms with E-state index in [9.17, 15) is 22.4 Å². The van der Waals surface area contributed by atoms with Crippen molar-refractivity contribution in [2.75, 3.05) is 24.1 Å². The Bertz CT molecular complexity index is 1530. The van der Waals surface area contributed by atoms with Crippen LogP contribution >= 0.6 is 0 Å². The van der Waals surface area contributed by atoms with Crippen LogP contribution in [0, 0.1) is 12.7 Å². The highest BCUT2D eigenvalue weighted by Crippen LogP contribution is 2.34. The van der Waals surface area contributed by atoms with E-state index in [1.165, 1.54) is 35.2 Å². The molecule has 0 spiro atoms. The van der Waals surface area contributed by atoms with Crippen LogP contribution in [-0.4, -0.2) is 57.0 Å². The van der Waals surface area contributed by atoms with Gasteiger partial charge in [-0.1, -0.05) is 36.8 Å². The number of carbonyl (C=O) groups is 2. The third-order valence-electron chi connectivity index (χ3n) is 6.75. The van der Waals surface area contributed by atoms with Gasteiger partial charge in [0.2, 0.25) is 11.8 Å². The van der Waals surface area contributed by atoms with E-state index in [2.05, 4.69) is 5.32 Å². The predicted octanol–water partition coefficient (Wildman–Crippen LogP) is 4.43. The normalized spacial score (nSPS) is 13.4. The molecule has 42 heavy (non-hydrogen) atoms. The van der Waals surface area contributed by atoms with Gasteiger partial charge >= 0.3 is 0 Å². The van der Waals surface area contributed by atoms with Gasteiger partial charge in [0.25, 0.3) is 10.0 Å². The smallest absolute Gasteiger partial charge is 0.264 e. The summed E-state index contributed by atoms with van der Waals surface area (Å²) in [5, 5.41) is 2.87. The second-order valence-corrected chi connectivity index (χ2v) is 12.3. The fourth-order valence-corrected chi connectivity index (χ4v) is 6.18. The molecule has 0 radical (unpaired) electrons. The van der Waals surface area contributed by atoms with Gasteiger partial charge < -0.3 is 19.7 Å². The van der Waals surface area contributed by atoms with Crippen molar-refractivity contribution in [3.05, 3.63) is 83.7 Å². The first-order chi connectivity index (χ1) is 20.0. The lowest BCUT2D eigenvalue weighted by atomic mass is 10.1. The molecule has 0 aliphatic carbocycles. The molecule has 0 aromatic heterocycles. The minimum Gasteiger partial charge on any atom is -0.486 e. The quantitative estimate of drug-likeness (QED) is 0.351. The second-order valence-electron chi connectivity index (χ2n) is 10.4. The number of rotatable bonds is 11. The summed E-state index contributed by atoms with van der Waals surface area (Å²) in [7, 11) is -4.35. The largest absolute Gasteiger partial charge is 0.486 e. The molecule has 224 valence electrons. The minimum atomic E-state index is -4.35. The molecule has 9 nitrogen and oxygen atoms in total. The summed E-state index contributed by atoms with van der Waals surface area (Å²) in [6.45, 7) is 7.45. The molecule has 1 aliphatic rings. The summed E-state index contributed by atoms with van der Waals surface area (Å²) < 4.78 is 54.0. The SMILES string of the molecule is CC[C@H](C(=O)NC(C)C)N(Cc1cccc(C)c1)C(=O)CN(c1ccc(F)cc1)S(=O)(=O)c1ccc2c(c1)OCCO2. The van der Waals surface area contributed by atoms with Gasteiger partial charge in [-0.15, -0.1) is 0 Å². The number of ether oxygens (including phenoxy) is 2. The third kappa shape index (κ3) is 7.20. The van der Waals surface area contributed by atoms with Crippen molar-refractivity contribution in [3.63, 3.8) is 0 Å². The van der Waals surface area contributed by atoms with E-state index in [4.69, 9.17) is 9.47 Å². The molecule has 1 atom stereocenters. The Morgan fingerprint density at radius 1 is 0.976 bits per heavy atom. The number of hydrogen-bond acceptors (Lipinski definition) is 6. The Morgan fingerprint density at radius 2 is 1.67 bits per heavy atom. The summed E-state index contributed by atoms with van der Waals surface area (Å²) in [6.07, 6.45) is 0.307. The molecule has 4 rings (SSSR count). The van der Waals surface area contributed by atoms with E-state index in [1.807, 2.05) is 45.0 Å². The zero-order chi connectivity index (χ0) is 30.4. The van der Waals surface area contributed by atoms with E-state index in [0.29, 0.717) is 18.8 Å². The van der Waals surface area contributed by atoms with Crippen molar-refractivity contribution < 1.29 is 31.9 Å². The van der Waals surface area contributed by atoms with Crippen LogP contribution in [0.2, 0.25) is 0 Å². The number of hydrogen-bond donors (Lipinski definition) is 1. The number of fused-ring (bicyclic) bond motifs is 1. The van der Waals surface area contributed by atoms with Crippen LogP contribution < -0.4 is 19.1 Å². The highest BCUT2D eigenvalue weighted by Gasteiger charge is 2.34. The molecule has 0 bridgehead atoms. The van der Waals surface area contributed by atoms with Gasteiger partial charge in [-0.25, -0.2) is 12.8 Å². The topological polar surface area (TPSA) is 105 Å². The van der Waals surface area contributed by atoms with E-state index in [1.54, 1.807) is 6.92 Å². The molecule has 1 aliphatic heterocycles. The Balaban J connectivity index is 1.75. The van der Waals surface area contributed by atoms with Gasteiger partial charge in [0.15, 0.2) is 11.5 Å². The summed E-state index contributed by atoms with van der Waals surface area (Å²) in [5.74, 6) is -0.801. The first-order valence-corrected chi connectivity index (χ1v) is 15.3. The number of halogens is 1. The van der Waals surface area contributed by atoms with Gasteiger partial charge in [0.05, 0.1) is 10.6 Å². The van der Waals surface area contributed by atoms with E-state index in [-0.39, 0.29) is 41.4 Å². The zero-order valence-electron chi connectivity index (χ0n) is 24.2. The Morgan fingerprint density at radius 3 is 2.31 bits per heavy atom. The number of anilines is 1. The van der Waals surface area contributed by atoms with Crippen molar-refractivity contribution >= 4 is 27.5 Å². The number of nitrogens with zero attached hydrogens (tertiary/aromatic N) is 2. The van der Waals surface area contributed by atoms with Gasteiger partial charge in [-0.2, -0.15) is 0 Å². The molecule has 0 saturated heterocycles. The van der Waals surface area contributed by atoms with Crippen LogP contribution in [0.4, 0.5) is 10.1 Å². The number of benzene rings is 3. The predicted molar refractivity (Wildman–Crippen MR) is 157 cm³/mol. The third-order valence-corrected chi connectivity index (χ3v) is 8.52. The van der Waals surface area contributed by atoms with E-state index < -0.39 is 34.3 Å². The molecule has 2 amide bonds. The number of aryl methyl sites for hydroxylation is 1. The Hall–Kier alpha value is -4.12. The molecule has 0 fully saturated rings. The average molecular weight is 598 g/mol. The Kier molecular flexibility index (Phi) is 9.72. The van der Waals surface area contributed by atoms with Crippen LogP contribution in [0.5, 0.6) is 11.5 Å². The molecule has 11 heteroatoms. The molecule has 1 heterocycles. The summed E-state index contributed by atoms with van der Waals surface area (Å²) in [6, 6.07) is 15.6. The molecule has 3 aromatic rings. The van der Waals surface area contributed by atoms with Gasteiger partial charge in [-0.05, 0) is 69.2 Å². The molecule has 3 aromatic carbocycles. The fraction of sp³-hybridized carbons (Fsp3) is 0.355. The summed E-state index contributed by atoms with van der Waals surface area (Å²) >= 11 is 0. The number of sulfonamides is 1. The van der Waals surface area contributed by atoms with Crippen LogP contribution in [0.3, 0.4) is 0 Å². The van der Waals surface area contributed by atoms with Crippen molar-refractivity contribution in [3.8, 4) is 11.5 Å². The molecular formula is C31H36FN3O6S. The maximum atomic E-state index is 14.1. The van der Waals surface area contributed by atoms with E-state index in [0.717, 1.165) is 27.6 Å². The van der Waals surface area contributed by atoms with Gasteiger partial charge in [0, 0.05) is 18.7 Å². The Labute approximate surface area is 246 Å². The number of nitrogens with one attached hydrogen (secondary N) is 1. The summed E-state index contributed by atoms with van der Waals surface area (Å²) in [5.41, 5.74) is 1.87. The average Bonchev–Trinajstić information content (AvgIpc) is 2.95. The van der Waals surface area contributed by atoms with Gasteiger partial charge in [-0.3, -0.25) is 13.9 Å². The molecular weight excluding hydrogens is 561 g/mol. The van der Waals surface area contributed by atoms with Gasteiger partial charge in [0.1, 0.15) is 31.6 Å². The number of carbonyl (C=O) groups excluding carboxylic acids is 2. The number of amides is 2. The lowest BCUT2D eigenvalue weighted by Crippen LogP contribution is -2.53. The van der Waals surface area contributed by atoms with Crippen LogP contribution in [0.1, 0.15) is 38.3 Å².